The lowest BCUT2D eigenvalue weighted by Crippen LogP contribution is -2.35. The van der Waals surface area contributed by atoms with Crippen molar-refractivity contribution in [2.24, 2.45) is 11.8 Å². The van der Waals surface area contributed by atoms with Crippen molar-refractivity contribution in [3.63, 3.8) is 0 Å². The fraction of sp³-hybridized carbons (Fsp3) is 0.667. The number of fused-ring (bicyclic) bond motifs is 1. The molecule has 1 atom stereocenters. The molecule has 0 spiro atoms. The van der Waals surface area contributed by atoms with Gasteiger partial charge in [0.25, 0.3) is 0 Å². The quantitative estimate of drug-likeness (QED) is 0.895. The number of nitrogens with zero attached hydrogens (tertiary/aromatic N) is 2. The number of amides is 1. The number of rotatable bonds is 5. The van der Waals surface area contributed by atoms with Gasteiger partial charge in [-0.05, 0) is 48.3 Å². The summed E-state index contributed by atoms with van der Waals surface area (Å²) >= 11 is 0. The third kappa shape index (κ3) is 3.56. The first kappa shape index (κ1) is 15.1. The SMILES string of the molecule is O=C(NCc1cncc2c1CCN(CC1CCOC1)C2)C1CC1. The third-order valence-corrected chi connectivity index (χ3v) is 5.25. The molecule has 1 aromatic heterocycles. The molecule has 0 bridgehead atoms. The van der Waals surface area contributed by atoms with Gasteiger partial charge in [-0.25, -0.2) is 0 Å². The highest BCUT2D eigenvalue weighted by Gasteiger charge is 2.29. The summed E-state index contributed by atoms with van der Waals surface area (Å²) in [5, 5.41) is 3.07. The normalized spacial score (nSPS) is 24.4. The van der Waals surface area contributed by atoms with E-state index in [0.29, 0.717) is 12.5 Å². The van der Waals surface area contributed by atoms with E-state index in [0.717, 1.165) is 52.1 Å². The zero-order chi connectivity index (χ0) is 15.6. The molecule has 1 saturated heterocycles. The first-order chi connectivity index (χ1) is 11.3. The highest BCUT2D eigenvalue weighted by molar-refractivity contribution is 5.80. The summed E-state index contributed by atoms with van der Waals surface area (Å²) in [6, 6.07) is 0. The Labute approximate surface area is 137 Å². The molecule has 5 nitrogen and oxygen atoms in total. The Balaban J connectivity index is 1.38. The molecule has 2 fully saturated rings. The van der Waals surface area contributed by atoms with E-state index < -0.39 is 0 Å². The molecule has 5 heteroatoms. The van der Waals surface area contributed by atoms with E-state index in [2.05, 4.69) is 15.2 Å². The fourth-order valence-electron chi connectivity index (χ4n) is 3.70. The van der Waals surface area contributed by atoms with Crippen molar-refractivity contribution in [2.75, 3.05) is 26.3 Å². The van der Waals surface area contributed by atoms with Crippen LogP contribution in [0.1, 0.15) is 36.0 Å². The molecular weight excluding hydrogens is 290 g/mol. The second-order valence-corrected chi connectivity index (χ2v) is 7.14. The Kier molecular flexibility index (Phi) is 4.31. The molecule has 1 unspecified atom stereocenters. The van der Waals surface area contributed by atoms with E-state index in [4.69, 9.17) is 4.74 Å². The fourth-order valence-corrected chi connectivity index (χ4v) is 3.70. The first-order valence-corrected chi connectivity index (χ1v) is 8.82. The predicted octanol–water partition coefficient (Wildman–Crippen LogP) is 1.50. The van der Waals surface area contributed by atoms with Crippen molar-refractivity contribution in [3.8, 4) is 0 Å². The second-order valence-electron chi connectivity index (χ2n) is 7.14. The molecule has 3 aliphatic rings. The van der Waals surface area contributed by atoms with Crippen LogP contribution in [0.4, 0.5) is 0 Å². The zero-order valence-electron chi connectivity index (χ0n) is 13.6. The van der Waals surface area contributed by atoms with Gasteiger partial charge in [-0.1, -0.05) is 0 Å². The van der Waals surface area contributed by atoms with Gasteiger partial charge in [0, 0.05) is 51.1 Å². The van der Waals surface area contributed by atoms with Gasteiger partial charge in [-0.2, -0.15) is 0 Å². The van der Waals surface area contributed by atoms with Crippen LogP contribution in [0.5, 0.6) is 0 Å². The molecule has 1 aliphatic carbocycles. The Bertz CT molecular complexity index is 580. The molecule has 124 valence electrons. The number of hydrogen-bond acceptors (Lipinski definition) is 4. The Morgan fingerprint density at radius 3 is 3.04 bits per heavy atom. The van der Waals surface area contributed by atoms with Gasteiger partial charge in [0.1, 0.15) is 0 Å². The van der Waals surface area contributed by atoms with Crippen molar-refractivity contribution in [1.29, 1.82) is 0 Å². The number of ether oxygens (including phenoxy) is 1. The number of aromatic nitrogens is 1. The molecule has 2 aliphatic heterocycles. The second kappa shape index (κ2) is 6.57. The van der Waals surface area contributed by atoms with E-state index in [9.17, 15) is 4.79 Å². The molecular formula is C18H25N3O2. The van der Waals surface area contributed by atoms with Crippen LogP contribution in [0.15, 0.2) is 12.4 Å². The van der Waals surface area contributed by atoms with Crippen LogP contribution in [0.3, 0.4) is 0 Å². The van der Waals surface area contributed by atoms with Crippen LogP contribution in [0, 0.1) is 11.8 Å². The average molecular weight is 315 g/mol. The maximum Gasteiger partial charge on any atom is 0.223 e. The summed E-state index contributed by atoms with van der Waals surface area (Å²) < 4.78 is 5.49. The number of carbonyl (C=O) groups excluding carboxylic acids is 1. The van der Waals surface area contributed by atoms with Crippen molar-refractivity contribution < 1.29 is 9.53 Å². The van der Waals surface area contributed by atoms with Gasteiger partial charge in [0.05, 0.1) is 6.61 Å². The lowest BCUT2D eigenvalue weighted by atomic mass is 9.96. The minimum atomic E-state index is 0.210. The molecule has 1 aromatic rings. The minimum Gasteiger partial charge on any atom is -0.381 e. The van der Waals surface area contributed by atoms with Gasteiger partial charge in [0.2, 0.25) is 5.91 Å². The van der Waals surface area contributed by atoms with Gasteiger partial charge in [0.15, 0.2) is 0 Å². The highest BCUT2D eigenvalue weighted by atomic mass is 16.5. The van der Waals surface area contributed by atoms with Gasteiger partial charge < -0.3 is 10.1 Å². The predicted molar refractivity (Wildman–Crippen MR) is 86.7 cm³/mol. The highest BCUT2D eigenvalue weighted by Crippen LogP contribution is 2.29. The molecule has 0 aromatic carbocycles. The van der Waals surface area contributed by atoms with Crippen LogP contribution in [0.25, 0.3) is 0 Å². The number of carbonyl (C=O) groups is 1. The van der Waals surface area contributed by atoms with E-state index in [1.54, 1.807) is 0 Å². The zero-order valence-corrected chi connectivity index (χ0v) is 13.6. The number of nitrogens with one attached hydrogen (secondary N) is 1. The van der Waals surface area contributed by atoms with Crippen molar-refractivity contribution in [3.05, 3.63) is 29.1 Å². The molecule has 1 N–H and O–H groups in total. The minimum absolute atomic E-state index is 0.210. The maximum atomic E-state index is 11.8. The van der Waals surface area contributed by atoms with Crippen molar-refractivity contribution in [2.45, 2.75) is 38.8 Å². The first-order valence-electron chi connectivity index (χ1n) is 8.82. The molecule has 1 saturated carbocycles. The van der Waals surface area contributed by atoms with Crippen LogP contribution in [-0.2, 0) is 29.0 Å². The van der Waals surface area contributed by atoms with Crippen LogP contribution >= 0.6 is 0 Å². The van der Waals surface area contributed by atoms with Crippen LogP contribution < -0.4 is 5.32 Å². The van der Waals surface area contributed by atoms with Gasteiger partial charge >= 0.3 is 0 Å². The van der Waals surface area contributed by atoms with E-state index >= 15 is 0 Å². The summed E-state index contributed by atoms with van der Waals surface area (Å²) in [5.74, 6) is 1.17. The standard InChI is InChI=1S/C18H25N3O2/c22-18(14-1-2-14)20-9-15-7-19-8-16-11-21(5-3-17(15)16)10-13-4-6-23-12-13/h7-8,13-14H,1-6,9-12H2,(H,20,22). The summed E-state index contributed by atoms with van der Waals surface area (Å²) in [7, 11) is 0. The monoisotopic (exact) mass is 315 g/mol. The number of hydrogen-bond donors (Lipinski definition) is 1. The third-order valence-electron chi connectivity index (χ3n) is 5.25. The van der Waals surface area contributed by atoms with Crippen molar-refractivity contribution in [1.82, 2.24) is 15.2 Å². The Morgan fingerprint density at radius 1 is 1.35 bits per heavy atom. The summed E-state index contributed by atoms with van der Waals surface area (Å²) in [4.78, 5) is 18.8. The summed E-state index contributed by atoms with van der Waals surface area (Å²) in [6.45, 7) is 5.65. The molecule has 0 radical (unpaired) electrons. The van der Waals surface area contributed by atoms with Gasteiger partial charge in [-0.3, -0.25) is 14.7 Å². The molecule has 1 amide bonds. The summed E-state index contributed by atoms with van der Waals surface area (Å²) in [5.41, 5.74) is 3.92. The Hall–Kier alpha value is -1.46. The molecule has 23 heavy (non-hydrogen) atoms. The van der Waals surface area contributed by atoms with Crippen molar-refractivity contribution >= 4 is 5.91 Å². The maximum absolute atomic E-state index is 11.8. The van der Waals surface area contributed by atoms with E-state index in [1.807, 2.05) is 12.4 Å². The van der Waals surface area contributed by atoms with E-state index in [-0.39, 0.29) is 11.8 Å². The summed E-state index contributed by atoms with van der Waals surface area (Å²) in [6.07, 6.45) is 8.27. The lowest BCUT2D eigenvalue weighted by Gasteiger charge is -2.31. The van der Waals surface area contributed by atoms with Gasteiger partial charge in [-0.15, -0.1) is 0 Å². The Morgan fingerprint density at radius 2 is 2.26 bits per heavy atom. The van der Waals surface area contributed by atoms with Crippen LogP contribution in [0.2, 0.25) is 0 Å². The van der Waals surface area contributed by atoms with E-state index in [1.165, 1.54) is 23.1 Å². The van der Waals surface area contributed by atoms with Crippen LogP contribution in [-0.4, -0.2) is 42.1 Å². The molecule has 3 heterocycles. The molecule has 4 rings (SSSR count). The largest absolute Gasteiger partial charge is 0.381 e. The smallest absolute Gasteiger partial charge is 0.223 e. The lowest BCUT2D eigenvalue weighted by molar-refractivity contribution is -0.122. The topological polar surface area (TPSA) is 54.5 Å². The average Bonchev–Trinajstić information content (AvgIpc) is 3.30. The number of pyridine rings is 1.